The zero-order valence-corrected chi connectivity index (χ0v) is 13.8. The van der Waals surface area contributed by atoms with Crippen LogP contribution >= 0.6 is 0 Å². The minimum atomic E-state index is -3.29. The first-order chi connectivity index (χ1) is 9.32. The maximum Gasteiger partial charge on any atom is 0.279 e. The summed E-state index contributed by atoms with van der Waals surface area (Å²) in [4.78, 5) is 0. The van der Waals surface area contributed by atoms with E-state index in [1.165, 1.54) is 0 Å². The van der Waals surface area contributed by atoms with Gasteiger partial charge in [-0.3, -0.25) is 0 Å². The van der Waals surface area contributed by atoms with Crippen LogP contribution in [0.4, 0.5) is 0 Å². The summed E-state index contributed by atoms with van der Waals surface area (Å²) in [5.41, 5.74) is 0.271. The number of nitrogens with one attached hydrogen (secondary N) is 2. The minimum Gasteiger partial charge on any atom is -0.319 e. The van der Waals surface area contributed by atoms with Crippen LogP contribution in [-0.4, -0.2) is 45.4 Å². The van der Waals surface area contributed by atoms with Gasteiger partial charge in [0.15, 0.2) is 0 Å². The number of piperidine rings is 1. The van der Waals surface area contributed by atoms with E-state index >= 15 is 0 Å². The van der Waals surface area contributed by atoms with Crippen molar-refractivity contribution in [2.75, 3.05) is 26.7 Å². The van der Waals surface area contributed by atoms with Crippen LogP contribution in [0.5, 0.6) is 0 Å². The highest BCUT2D eigenvalue weighted by molar-refractivity contribution is 7.87. The average molecular weight is 303 g/mol. The summed E-state index contributed by atoms with van der Waals surface area (Å²) in [6.45, 7) is 6.71. The molecule has 6 heteroatoms. The molecule has 1 saturated heterocycles. The molecule has 2 rings (SSSR count). The van der Waals surface area contributed by atoms with Crippen molar-refractivity contribution in [3.8, 4) is 0 Å². The molecule has 2 fully saturated rings. The SMILES string of the molecule is CNCC1CCN(S(=O)(=O)NC2CCC(C)(C)C2)CC1. The molecule has 1 aliphatic carbocycles. The molecule has 1 saturated carbocycles. The van der Waals surface area contributed by atoms with Crippen LogP contribution in [0.2, 0.25) is 0 Å². The number of rotatable bonds is 5. The Bertz CT molecular complexity index is 414. The summed E-state index contributed by atoms with van der Waals surface area (Å²) >= 11 is 0. The number of nitrogens with zero attached hydrogens (tertiary/aromatic N) is 1. The molecular weight excluding hydrogens is 274 g/mol. The lowest BCUT2D eigenvalue weighted by Gasteiger charge is -2.32. The average Bonchev–Trinajstić information content (AvgIpc) is 2.69. The zero-order chi connectivity index (χ0) is 14.8. The third-order valence-electron chi connectivity index (χ3n) is 4.69. The molecule has 0 aromatic rings. The van der Waals surface area contributed by atoms with Crippen molar-refractivity contribution in [2.24, 2.45) is 11.3 Å². The van der Waals surface area contributed by atoms with Gasteiger partial charge < -0.3 is 5.32 Å². The second kappa shape index (κ2) is 6.30. The first kappa shape index (κ1) is 16.2. The quantitative estimate of drug-likeness (QED) is 0.805. The van der Waals surface area contributed by atoms with Gasteiger partial charge in [0, 0.05) is 19.1 Å². The van der Waals surface area contributed by atoms with Crippen LogP contribution in [0.3, 0.4) is 0 Å². The molecular formula is C14H29N3O2S. The van der Waals surface area contributed by atoms with Crippen LogP contribution < -0.4 is 10.0 Å². The van der Waals surface area contributed by atoms with Gasteiger partial charge in [0.2, 0.25) is 0 Å². The van der Waals surface area contributed by atoms with Crippen molar-refractivity contribution in [3.63, 3.8) is 0 Å². The van der Waals surface area contributed by atoms with Gasteiger partial charge in [-0.25, -0.2) is 0 Å². The molecule has 2 N–H and O–H groups in total. The number of hydrogen-bond acceptors (Lipinski definition) is 3. The van der Waals surface area contributed by atoms with Gasteiger partial charge in [-0.2, -0.15) is 17.4 Å². The molecule has 1 unspecified atom stereocenters. The molecule has 20 heavy (non-hydrogen) atoms. The first-order valence-corrected chi connectivity index (χ1v) is 9.18. The van der Waals surface area contributed by atoms with E-state index in [1.54, 1.807) is 4.31 Å². The van der Waals surface area contributed by atoms with Gasteiger partial charge in [0.1, 0.15) is 0 Å². The fourth-order valence-corrected chi connectivity index (χ4v) is 4.93. The molecule has 0 amide bonds. The van der Waals surface area contributed by atoms with Crippen LogP contribution in [0.15, 0.2) is 0 Å². The Morgan fingerprint density at radius 1 is 1.20 bits per heavy atom. The Morgan fingerprint density at radius 3 is 2.35 bits per heavy atom. The lowest BCUT2D eigenvalue weighted by molar-refractivity contribution is 0.266. The van der Waals surface area contributed by atoms with E-state index < -0.39 is 10.2 Å². The molecule has 1 heterocycles. The standard InChI is InChI=1S/C14H29N3O2S/c1-14(2)7-4-13(10-14)16-20(18,19)17-8-5-12(6-9-17)11-15-3/h12-13,15-16H,4-11H2,1-3H3. The Labute approximate surface area is 123 Å². The smallest absolute Gasteiger partial charge is 0.279 e. The second-order valence-corrected chi connectivity index (χ2v) is 8.83. The van der Waals surface area contributed by atoms with Crippen LogP contribution in [0, 0.1) is 11.3 Å². The predicted molar refractivity (Wildman–Crippen MR) is 81.7 cm³/mol. The Kier molecular flexibility index (Phi) is 5.10. The molecule has 5 nitrogen and oxygen atoms in total. The second-order valence-electron chi connectivity index (χ2n) is 7.13. The normalized spacial score (nSPS) is 28.9. The lowest BCUT2D eigenvalue weighted by atomic mass is 9.92. The molecule has 1 atom stereocenters. The highest BCUT2D eigenvalue weighted by atomic mass is 32.2. The third kappa shape index (κ3) is 4.16. The molecule has 1 aliphatic heterocycles. The van der Waals surface area contributed by atoms with Crippen molar-refractivity contribution in [1.82, 2.24) is 14.3 Å². The van der Waals surface area contributed by atoms with Gasteiger partial charge in [-0.05, 0) is 57.0 Å². The van der Waals surface area contributed by atoms with E-state index in [2.05, 4.69) is 23.9 Å². The maximum absolute atomic E-state index is 12.4. The van der Waals surface area contributed by atoms with Crippen LogP contribution in [-0.2, 0) is 10.2 Å². The molecule has 0 radical (unpaired) electrons. The van der Waals surface area contributed by atoms with Crippen LogP contribution in [0.25, 0.3) is 0 Å². The van der Waals surface area contributed by atoms with Gasteiger partial charge in [-0.15, -0.1) is 0 Å². The van der Waals surface area contributed by atoms with E-state index in [-0.39, 0.29) is 11.5 Å². The van der Waals surface area contributed by atoms with E-state index in [0.29, 0.717) is 19.0 Å². The first-order valence-electron chi connectivity index (χ1n) is 7.74. The molecule has 0 spiro atoms. The highest BCUT2D eigenvalue weighted by Crippen LogP contribution is 2.37. The number of hydrogen-bond donors (Lipinski definition) is 2. The molecule has 2 aliphatic rings. The lowest BCUT2D eigenvalue weighted by Crippen LogP contribution is -2.48. The van der Waals surface area contributed by atoms with Crippen molar-refractivity contribution in [3.05, 3.63) is 0 Å². The monoisotopic (exact) mass is 303 g/mol. The summed E-state index contributed by atoms with van der Waals surface area (Å²) in [6.07, 6.45) is 4.92. The van der Waals surface area contributed by atoms with Crippen molar-refractivity contribution in [1.29, 1.82) is 0 Å². The van der Waals surface area contributed by atoms with E-state index in [9.17, 15) is 8.42 Å². The maximum atomic E-state index is 12.4. The van der Waals surface area contributed by atoms with E-state index in [1.807, 2.05) is 7.05 Å². The van der Waals surface area contributed by atoms with Gasteiger partial charge >= 0.3 is 0 Å². The van der Waals surface area contributed by atoms with Gasteiger partial charge in [0.05, 0.1) is 0 Å². The van der Waals surface area contributed by atoms with Gasteiger partial charge in [0.25, 0.3) is 10.2 Å². The summed E-state index contributed by atoms with van der Waals surface area (Å²) in [7, 11) is -1.34. The van der Waals surface area contributed by atoms with Crippen molar-refractivity contribution >= 4 is 10.2 Å². The zero-order valence-electron chi connectivity index (χ0n) is 13.0. The summed E-state index contributed by atoms with van der Waals surface area (Å²) in [5.74, 6) is 0.608. The minimum absolute atomic E-state index is 0.116. The van der Waals surface area contributed by atoms with Crippen molar-refractivity contribution < 1.29 is 8.42 Å². The Morgan fingerprint density at radius 2 is 1.85 bits per heavy atom. The Balaban J connectivity index is 1.85. The van der Waals surface area contributed by atoms with Crippen molar-refractivity contribution in [2.45, 2.75) is 52.0 Å². The van der Waals surface area contributed by atoms with E-state index in [4.69, 9.17) is 0 Å². The fourth-order valence-electron chi connectivity index (χ4n) is 3.46. The van der Waals surface area contributed by atoms with Crippen LogP contribution in [0.1, 0.15) is 46.0 Å². The van der Waals surface area contributed by atoms with Gasteiger partial charge in [-0.1, -0.05) is 13.8 Å². The molecule has 0 aromatic carbocycles. The molecule has 0 aromatic heterocycles. The molecule has 118 valence electrons. The summed E-state index contributed by atoms with van der Waals surface area (Å²) < 4.78 is 29.4. The third-order valence-corrected chi connectivity index (χ3v) is 6.37. The van der Waals surface area contributed by atoms with E-state index in [0.717, 1.165) is 38.6 Å². The topological polar surface area (TPSA) is 61.4 Å². The predicted octanol–water partition coefficient (Wildman–Crippen LogP) is 1.33. The summed E-state index contributed by atoms with van der Waals surface area (Å²) in [6, 6.07) is 0.116. The fraction of sp³-hybridized carbons (Fsp3) is 1.00. The Hall–Kier alpha value is -0.170. The summed E-state index contributed by atoms with van der Waals surface area (Å²) in [5, 5.41) is 3.18. The molecule has 0 bridgehead atoms. The highest BCUT2D eigenvalue weighted by Gasteiger charge is 2.35. The largest absolute Gasteiger partial charge is 0.319 e.